The molecule has 1 heterocycles. The predicted molar refractivity (Wildman–Crippen MR) is 37.1 cm³/mol. The van der Waals surface area contributed by atoms with Crippen molar-refractivity contribution in [2.45, 2.75) is 0 Å². The minimum Gasteiger partial charge on any atom is -0.351 e. The zero-order valence-electron chi connectivity index (χ0n) is 4.50. The van der Waals surface area contributed by atoms with Gasteiger partial charge in [-0.3, -0.25) is 0 Å². The fourth-order valence-corrected chi connectivity index (χ4v) is 0.586. The van der Waals surface area contributed by atoms with Crippen molar-refractivity contribution in [3.05, 3.63) is 27.9 Å². The summed E-state index contributed by atoms with van der Waals surface area (Å²) >= 11 is 4.72. The first-order chi connectivity index (χ1) is 4.33. The lowest BCUT2D eigenvalue weighted by Crippen LogP contribution is -1.68. The SMILES string of the molecule is O=Nc1ccc(=S)[nH]c1. The van der Waals surface area contributed by atoms with E-state index in [1.165, 1.54) is 6.20 Å². The molecule has 0 radical (unpaired) electrons. The average molecular weight is 140 g/mol. The third kappa shape index (κ3) is 1.43. The van der Waals surface area contributed by atoms with Crippen molar-refractivity contribution in [2.75, 3.05) is 0 Å². The van der Waals surface area contributed by atoms with Crippen molar-refractivity contribution in [1.82, 2.24) is 4.98 Å². The van der Waals surface area contributed by atoms with E-state index in [-0.39, 0.29) is 0 Å². The van der Waals surface area contributed by atoms with Gasteiger partial charge in [0.25, 0.3) is 0 Å². The van der Waals surface area contributed by atoms with Gasteiger partial charge in [-0.05, 0) is 17.3 Å². The number of aromatic nitrogens is 1. The molecule has 0 saturated carbocycles. The Hall–Kier alpha value is -1.03. The van der Waals surface area contributed by atoms with Crippen LogP contribution in [0.4, 0.5) is 5.69 Å². The molecule has 9 heavy (non-hydrogen) atoms. The van der Waals surface area contributed by atoms with Crippen LogP contribution in [0, 0.1) is 9.55 Å². The molecular formula is C5H4N2OS. The molecule has 0 aliphatic rings. The van der Waals surface area contributed by atoms with Crippen LogP contribution in [0.5, 0.6) is 0 Å². The zero-order chi connectivity index (χ0) is 6.69. The first-order valence-electron chi connectivity index (χ1n) is 2.35. The van der Waals surface area contributed by atoms with Crippen LogP contribution in [-0.4, -0.2) is 4.98 Å². The molecule has 1 aromatic rings. The van der Waals surface area contributed by atoms with Gasteiger partial charge in [0, 0.05) is 6.20 Å². The second-order valence-electron chi connectivity index (χ2n) is 1.50. The summed E-state index contributed by atoms with van der Waals surface area (Å²) in [6, 6.07) is 3.18. The first-order valence-corrected chi connectivity index (χ1v) is 2.76. The molecule has 3 nitrogen and oxygen atoms in total. The summed E-state index contributed by atoms with van der Waals surface area (Å²) in [6.45, 7) is 0. The fraction of sp³-hybridized carbons (Fsp3) is 0. The maximum atomic E-state index is 9.81. The largest absolute Gasteiger partial charge is 0.351 e. The summed E-state index contributed by atoms with van der Waals surface area (Å²) in [5, 5.41) is 2.68. The number of nitrogens with one attached hydrogen (secondary N) is 1. The molecule has 0 aliphatic carbocycles. The Kier molecular flexibility index (Phi) is 1.69. The van der Waals surface area contributed by atoms with Gasteiger partial charge in [-0.2, -0.15) is 0 Å². The molecular weight excluding hydrogens is 136 g/mol. The molecule has 0 fully saturated rings. The highest BCUT2D eigenvalue weighted by Gasteiger charge is 1.84. The fourth-order valence-electron chi connectivity index (χ4n) is 0.459. The van der Waals surface area contributed by atoms with E-state index in [9.17, 15) is 4.91 Å². The van der Waals surface area contributed by atoms with Gasteiger partial charge < -0.3 is 4.98 Å². The Morgan fingerprint density at radius 1 is 1.56 bits per heavy atom. The van der Waals surface area contributed by atoms with Gasteiger partial charge in [-0.25, -0.2) is 0 Å². The highest BCUT2D eigenvalue weighted by Crippen LogP contribution is 2.06. The molecule has 0 spiro atoms. The first kappa shape index (κ1) is 6.10. The monoisotopic (exact) mass is 140 g/mol. The van der Waals surface area contributed by atoms with Gasteiger partial charge in [-0.1, -0.05) is 12.2 Å². The molecule has 0 bridgehead atoms. The van der Waals surface area contributed by atoms with Crippen LogP contribution in [0.2, 0.25) is 0 Å². The summed E-state index contributed by atoms with van der Waals surface area (Å²) < 4.78 is 0.599. The van der Waals surface area contributed by atoms with Crippen LogP contribution >= 0.6 is 12.2 Å². The highest BCUT2D eigenvalue weighted by molar-refractivity contribution is 7.71. The number of hydrogen-bond donors (Lipinski definition) is 1. The molecule has 1 rings (SSSR count). The van der Waals surface area contributed by atoms with Crippen molar-refractivity contribution in [3.63, 3.8) is 0 Å². The Balaban J connectivity index is 3.16. The zero-order valence-corrected chi connectivity index (χ0v) is 5.31. The van der Waals surface area contributed by atoms with Crippen LogP contribution in [-0.2, 0) is 0 Å². The number of nitroso groups, excluding NO2 is 1. The van der Waals surface area contributed by atoms with Crippen molar-refractivity contribution in [3.8, 4) is 0 Å². The maximum Gasteiger partial charge on any atom is 0.124 e. The van der Waals surface area contributed by atoms with E-state index in [1.807, 2.05) is 0 Å². The van der Waals surface area contributed by atoms with Crippen molar-refractivity contribution in [2.24, 2.45) is 5.18 Å². The van der Waals surface area contributed by atoms with Crippen LogP contribution in [0.25, 0.3) is 0 Å². The number of pyridine rings is 1. The summed E-state index contributed by atoms with van der Waals surface area (Å²) in [5.74, 6) is 0. The Bertz CT molecular complexity index is 247. The van der Waals surface area contributed by atoms with E-state index >= 15 is 0 Å². The molecule has 1 aromatic heterocycles. The minimum atomic E-state index is 0.364. The molecule has 0 amide bonds. The Morgan fingerprint density at radius 3 is 2.78 bits per heavy atom. The highest BCUT2D eigenvalue weighted by atomic mass is 32.1. The van der Waals surface area contributed by atoms with E-state index in [0.29, 0.717) is 10.3 Å². The molecule has 0 saturated heterocycles. The average Bonchev–Trinajstić information content (AvgIpc) is 1.90. The van der Waals surface area contributed by atoms with E-state index < -0.39 is 0 Å². The molecule has 0 unspecified atom stereocenters. The van der Waals surface area contributed by atoms with Gasteiger partial charge in [0.15, 0.2) is 0 Å². The minimum absolute atomic E-state index is 0.364. The number of rotatable bonds is 1. The number of H-pyrrole nitrogens is 1. The molecule has 1 N–H and O–H groups in total. The van der Waals surface area contributed by atoms with Crippen molar-refractivity contribution in [1.29, 1.82) is 0 Å². The lowest BCUT2D eigenvalue weighted by Gasteiger charge is -1.83. The van der Waals surface area contributed by atoms with Gasteiger partial charge in [0.05, 0.1) is 0 Å². The second kappa shape index (κ2) is 2.50. The number of aromatic amines is 1. The number of nitrogens with zero attached hydrogens (tertiary/aromatic N) is 1. The summed E-state index contributed by atoms with van der Waals surface area (Å²) in [4.78, 5) is 12.5. The normalized spacial score (nSPS) is 8.89. The predicted octanol–water partition coefficient (Wildman–Crippen LogP) is 2.14. The van der Waals surface area contributed by atoms with E-state index in [1.54, 1.807) is 12.1 Å². The topological polar surface area (TPSA) is 45.2 Å². The van der Waals surface area contributed by atoms with Gasteiger partial charge >= 0.3 is 0 Å². The van der Waals surface area contributed by atoms with Gasteiger partial charge in [0.2, 0.25) is 0 Å². The lowest BCUT2D eigenvalue weighted by molar-refractivity contribution is 1.28. The van der Waals surface area contributed by atoms with Gasteiger partial charge in [-0.15, -0.1) is 4.91 Å². The Morgan fingerprint density at radius 2 is 2.33 bits per heavy atom. The summed E-state index contributed by atoms with van der Waals surface area (Å²) in [6.07, 6.45) is 1.47. The maximum absolute atomic E-state index is 9.81. The Labute approximate surface area is 56.7 Å². The van der Waals surface area contributed by atoms with Crippen LogP contribution in [0.1, 0.15) is 0 Å². The summed E-state index contributed by atoms with van der Waals surface area (Å²) in [7, 11) is 0. The van der Waals surface area contributed by atoms with E-state index in [0.717, 1.165) is 0 Å². The smallest absolute Gasteiger partial charge is 0.124 e. The quantitative estimate of drug-likeness (QED) is 0.479. The molecule has 0 atom stereocenters. The van der Waals surface area contributed by atoms with Crippen molar-refractivity contribution >= 4 is 17.9 Å². The van der Waals surface area contributed by atoms with E-state index in [2.05, 4.69) is 10.2 Å². The molecule has 0 aliphatic heterocycles. The molecule has 4 heteroatoms. The molecule has 0 aromatic carbocycles. The standard InChI is InChI=1S/C5H4N2OS/c8-7-4-1-2-5(9)6-3-4/h1-3H,(H,6,9). The summed E-state index contributed by atoms with van der Waals surface area (Å²) in [5.41, 5.74) is 0.364. The third-order valence-corrected chi connectivity index (χ3v) is 1.13. The third-order valence-electron chi connectivity index (χ3n) is 0.873. The van der Waals surface area contributed by atoms with Gasteiger partial charge in [0.1, 0.15) is 10.3 Å². The lowest BCUT2D eigenvalue weighted by atomic mass is 10.4. The van der Waals surface area contributed by atoms with Crippen LogP contribution in [0.3, 0.4) is 0 Å². The van der Waals surface area contributed by atoms with E-state index in [4.69, 9.17) is 12.2 Å². The second-order valence-corrected chi connectivity index (χ2v) is 1.94. The van der Waals surface area contributed by atoms with Crippen molar-refractivity contribution < 1.29 is 0 Å². The molecule has 46 valence electrons. The van der Waals surface area contributed by atoms with Crippen LogP contribution in [0.15, 0.2) is 23.5 Å². The van der Waals surface area contributed by atoms with Crippen LogP contribution < -0.4 is 0 Å². The number of hydrogen-bond acceptors (Lipinski definition) is 3.